The van der Waals surface area contributed by atoms with E-state index in [0.29, 0.717) is 29.2 Å². The molecule has 0 aliphatic carbocycles. The van der Waals surface area contributed by atoms with Crippen molar-refractivity contribution in [1.82, 2.24) is 5.32 Å². The lowest BCUT2D eigenvalue weighted by Crippen LogP contribution is -2.50. The fourth-order valence-electron chi connectivity index (χ4n) is 4.51. The lowest BCUT2D eigenvalue weighted by atomic mass is 9.74. The quantitative estimate of drug-likeness (QED) is 0.368. The molecule has 4 rings (SSSR count). The molecular weight excluding hydrogens is 499 g/mol. The number of aryl methyl sites for hydroxylation is 2. The number of ether oxygens (including phenoxy) is 1. The molecule has 3 unspecified atom stereocenters. The second-order valence-electron chi connectivity index (χ2n) is 9.00. The monoisotopic (exact) mass is 527 g/mol. The second kappa shape index (κ2) is 10.4. The maximum atomic E-state index is 15.1. The summed E-state index contributed by atoms with van der Waals surface area (Å²) in [5, 5.41) is 9.53. The van der Waals surface area contributed by atoms with Crippen molar-refractivity contribution in [3.63, 3.8) is 0 Å². The van der Waals surface area contributed by atoms with Crippen LogP contribution in [0.25, 0.3) is 0 Å². The number of nitrogens with zero attached hydrogens (tertiary/aromatic N) is 2. The van der Waals surface area contributed by atoms with Gasteiger partial charge in [0.15, 0.2) is 5.82 Å². The summed E-state index contributed by atoms with van der Waals surface area (Å²) in [6, 6.07) is 11.4. The van der Waals surface area contributed by atoms with E-state index in [9.17, 15) is 14.0 Å². The van der Waals surface area contributed by atoms with Gasteiger partial charge in [-0.2, -0.15) is 5.10 Å². The van der Waals surface area contributed by atoms with E-state index in [2.05, 4.69) is 19.3 Å². The number of hydrogen-bond acceptors (Lipinski definition) is 6. The molecule has 7 nitrogen and oxygen atoms in total. The van der Waals surface area contributed by atoms with E-state index < -0.39 is 35.0 Å². The lowest BCUT2D eigenvalue weighted by Gasteiger charge is -2.34. The molecule has 0 bridgehead atoms. The number of benzene rings is 2. The number of furan rings is 1. The standard InChI is InChI=1S/C27H28F2N3O4P/c1-5-17-8-11-21(36-17)25-27(3,26(34)30-14-23(33)35-4)24(18-9-6-15(2)12-22(18)37)31-32(25)20-10-7-16(28)13-19(20)29/h6-13,25H,5,14,37H2,1-4H3,(H,30,34). The molecule has 0 saturated heterocycles. The van der Waals surface area contributed by atoms with Crippen molar-refractivity contribution in [3.8, 4) is 0 Å². The number of nitrogens with one attached hydrogen (secondary N) is 1. The zero-order valence-electron chi connectivity index (χ0n) is 21.0. The van der Waals surface area contributed by atoms with Crippen LogP contribution in [-0.2, 0) is 20.7 Å². The van der Waals surface area contributed by atoms with E-state index in [1.807, 2.05) is 32.0 Å². The minimum atomic E-state index is -1.46. The van der Waals surface area contributed by atoms with Gasteiger partial charge in [-0.15, -0.1) is 9.24 Å². The number of hydrazone groups is 1. The molecule has 10 heteroatoms. The van der Waals surface area contributed by atoms with Gasteiger partial charge in [-0.25, -0.2) is 8.78 Å². The Bertz CT molecular complexity index is 1390. The summed E-state index contributed by atoms with van der Waals surface area (Å²) in [4.78, 5) is 25.7. The van der Waals surface area contributed by atoms with Crippen LogP contribution in [0.15, 0.2) is 58.0 Å². The second-order valence-corrected chi connectivity index (χ2v) is 9.62. The summed E-state index contributed by atoms with van der Waals surface area (Å²) in [7, 11) is 3.87. The van der Waals surface area contributed by atoms with Crippen molar-refractivity contribution in [2.24, 2.45) is 10.5 Å². The van der Waals surface area contributed by atoms with Gasteiger partial charge in [0.1, 0.15) is 35.3 Å². The van der Waals surface area contributed by atoms with Gasteiger partial charge in [-0.05, 0) is 43.4 Å². The topological polar surface area (TPSA) is 84.1 Å². The van der Waals surface area contributed by atoms with Crippen LogP contribution in [0.5, 0.6) is 0 Å². The van der Waals surface area contributed by atoms with Crippen LogP contribution in [0.3, 0.4) is 0 Å². The third-order valence-electron chi connectivity index (χ3n) is 6.50. The Balaban J connectivity index is 1.96. The molecule has 194 valence electrons. The normalized spacial score (nSPS) is 19.1. The minimum absolute atomic E-state index is 0.0275. The summed E-state index contributed by atoms with van der Waals surface area (Å²) in [5.41, 5.74) is 0.492. The molecule has 0 saturated carbocycles. The molecule has 1 aromatic heterocycles. The maximum Gasteiger partial charge on any atom is 0.325 e. The first-order valence-corrected chi connectivity index (χ1v) is 12.3. The zero-order chi connectivity index (χ0) is 26.9. The highest BCUT2D eigenvalue weighted by molar-refractivity contribution is 7.27. The molecule has 3 aromatic rings. The highest BCUT2D eigenvalue weighted by Gasteiger charge is 2.56. The smallest absolute Gasteiger partial charge is 0.325 e. The van der Waals surface area contributed by atoms with Gasteiger partial charge in [0, 0.05) is 18.1 Å². The predicted octanol–water partition coefficient (Wildman–Crippen LogP) is 4.19. The van der Waals surface area contributed by atoms with Crippen LogP contribution < -0.4 is 15.6 Å². The van der Waals surface area contributed by atoms with Crippen molar-refractivity contribution >= 4 is 37.8 Å². The molecule has 1 N–H and O–H groups in total. The first-order chi connectivity index (χ1) is 17.6. The fourth-order valence-corrected chi connectivity index (χ4v) is 5.01. The Kier molecular flexibility index (Phi) is 7.46. The SMILES string of the molecule is CCc1ccc(C2N(c3ccc(F)cc3F)N=C(c3ccc(C)cc3P)C2(C)C(=O)NCC(=O)OC)o1. The number of amides is 1. The Labute approximate surface area is 216 Å². The summed E-state index contributed by atoms with van der Waals surface area (Å²) in [6.45, 7) is 5.17. The van der Waals surface area contributed by atoms with Crippen molar-refractivity contribution in [3.05, 3.63) is 82.8 Å². The Morgan fingerprint density at radius 3 is 2.57 bits per heavy atom. The molecule has 37 heavy (non-hydrogen) atoms. The van der Waals surface area contributed by atoms with Crippen molar-refractivity contribution < 1.29 is 27.5 Å². The van der Waals surface area contributed by atoms with E-state index in [-0.39, 0.29) is 12.2 Å². The summed E-state index contributed by atoms with van der Waals surface area (Å²) in [6.07, 6.45) is 0.601. The molecule has 1 amide bonds. The van der Waals surface area contributed by atoms with Gasteiger partial charge in [0.2, 0.25) is 5.91 Å². The van der Waals surface area contributed by atoms with E-state index >= 15 is 4.39 Å². The molecule has 1 aliphatic rings. The molecule has 0 radical (unpaired) electrons. The van der Waals surface area contributed by atoms with Gasteiger partial charge in [0.25, 0.3) is 0 Å². The Morgan fingerprint density at radius 1 is 1.19 bits per heavy atom. The highest BCUT2D eigenvalue weighted by atomic mass is 31.0. The number of anilines is 1. The van der Waals surface area contributed by atoms with Crippen LogP contribution in [0.1, 0.15) is 42.5 Å². The number of halogens is 2. The molecule has 2 heterocycles. The van der Waals surface area contributed by atoms with E-state index in [1.54, 1.807) is 19.1 Å². The number of carbonyl (C=O) groups excluding carboxylic acids is 2. The summed E-state index contributed by atoms with van der Waals surface area (Å²) >= 11 is 0. The van der Waals surface area contributed by atoms with Crippen molar-refractivity contribution in [1.29, 1.82) is 0 Å². The van der Waals surface area contributed by atoms with Gasteiger partial charge < -0.3 is 14.5 Å². The summed E-state index contributed by atoms with van der Waals surface area (Å²) < 4.78 is 39.7. The fraction of sp³-hybridized carbons (Fsp3) is 0.296. The van der Waals surface area contributed by atoms with Gasteiger partial charge >= 0.3 is 5.97 Å². The van der Waals surface area contributed by atoms with E-state index in [1.165, 1.54) is 18.2 Å². The first-order valence-electron chi connectivity index (χ1n) is 11.7. The first kappa shape index (κ1) is 26.5. The third kappa shape index (κ3) is 4.88. The van der Waals surface area contributed by atoms with Crippen LogP contribution in [-0.4, -0.2) is 31.2 Å². The molecule has 3 atom stereocenters. The third-order valence-corrected chi connectivity index (χ3v) is 6.98. The zero-order valence-corrected chi connectivity index (χ0v) is 22.1. The van der Waals surface area contributed by atoms with Gasteiger partial charge in [-0.3, -0.25) is 14.6 Å². The molecular formula is C27H28F2N3O4P. The average Bonchev–Trinajstić information content (AvgIpc) is 3.45. The Morgan fingerprint density at radius 2 is 1.95 bits per heavy atom. The molecule has 2 aromatic carbocycles. The number of carbonyl (C=O) groups is 2. The number of hydrogen-bond donors (Lipinski definition) is 1. The largest absolute Gasteiger partial charge is 0.468 e. The van der Waals surface area contributed by atoms with Crippen LogP contribution in [0, 0.1) is 24.0 Å². The van der Waals surface area contributed by atoms with Crippen LogP contribution >= 0.6 is 9.24 Å². The lowest BCUT2D eigenvalue weighted by molar-refractivity contribution is -0.142. The number of esters is 1. The molecule has 0 spiro atoms. The highest BCUT2D eigenvalue weighted by Crippen LogP contribution is 2.50. The minimum Gasteiger partial charge on any atom is -0.468 e. The van der Waals surface area contributed by atoms with Gasteiger partial charge in [0.05, 0.1) is 18.5 Å². The van der Waals surface area contributed by atoms with Crippen LogP contribution in [0.4, 0.5) is 14.5 Å². The molecule has 1 aliphatic heterocycles. The van der Waals surface area contributed by atoms with Crippen LogP contribution in [0.2, 0.25) is 0 Å². The average molecular weight is 528 g/mol. The van der Waals surface area contributed by atoms with Crippen molar-refractivity contribution in [2.45, 2.75) is 33.2 Å². The van der Waals surface area contributed by atoms with Crippen molar-refractivity contribution in [2.75, 3.05) is 18.7 Å². The molecule has 0 fully saturated rings. The maximum absolute atomic E-state index is 15.1. The van der Waals surface area contributed by atoms with E-state index in [0.717, 1.165) is 23.0 Å². The van der Waals surface area contributed by atoms with E-state index in [4.69, 9.17) is 9.52 Å². The number of methoxy groups -OCH3 is 1. The Hall–Kier alpha value is -3.58. The predicted molar refractivity (Wildman–Crippen MR) is 140 cm³/mol. The van der Waals surface area contributed by atoms with Gasteiger partial charge in [-0.1, -0.05) is 30.7 Å². The number of rotatable bonds is 7. The summed E-state index contributed by atoms with van der Waals surface area (Å²) in [5.74, 6) is -1.71.